The molecule has 7 heteroatoms. The Bertz CT molecular complexity index is 1010. The van der Waals surface area contributed by atoms with Crippen molar-refractivity contribution in [1.29, 1.82) is 0 Å². The quantitative estimate of drug-likeness (QED) is 0.566. The summed E-state index contributed by atoms with van der Waals surface area (Å²) in [4.78, 5) is 11.7. The van der Waals surface area contributed by atoms with Crippen molar-refractivity contribution < 1.29 is 4.74 Å². The fraction of sp³-hybridized carbons (Fsp3) is 0.607. The van der Waals surface area contributed by atoms with Gasteiger partial charge in [0.25, 0.3) is 0 Å². The molecule has 5 rings (SSSR count). The molecule has 0 amide bonds. The molecule has 0 spiro atoms. The molecule has 0 radical (unpaired) electrons. The molecule has 1 aromatic carbocycles. The minimum absolute atomic E-state index is 0.558. The molecule has 1 aliphatic carbocycles. The summed E-state index contributed by atoms with van der Waals surface area (Å²) in [6.45, 7) is 18.6. The van der Waals surface area contributed by atoms with Crippen molar-refractivity contribution >= 4 is 24.3 Å². The monoisotopic (exact) mass is 480 g/mol. The van der Waals surface area contributed by atoms with Crippen LogP contribution in [0.4, 0.5) is 11.4 Å². The lowest BCUT2D eigenvalue weighted by molar-refractivity contribution is -0.0774. The van der Waals surface area contributed by atoms with E-state index < -0.39 is 0 Å². The fourth-order valence-electron chi connectivity index (χ4n) is 5.15. The predicted molar refractivity (Wildman–Crippen MR) is 147 cm³/mol. The predicted octanol–water partition coefficient (Wildman–Crippen LogP) is 5.34. The molecule has 2 unspecified atom stereocenters. The average Bonchev–Trinajstić information content (AvgIpc) is 3.62. The van der Waals surface area contributed by atoms with Crippen LogP contribution >= 0.6 is 0 Å². The second kappa shape index (κ2) is 12.6. The van der Waals surface area contributed by atoms with Crippen LogP contribution in [0, 0.1) is 19.8 Å². The van der Waals surface area contributed by atoms with Crippen LogP contribution in [0.15, 0.2) is 28.3 Å². The zero-order chi connectivity index (χ0) is 25.5. The summed E-state index contributed by atoms with van der Waals surface area (Å²) in [6, 6.07) is 5.66. The van der Waals surface area contributed by atoms with Gasteiger partial charge < -0.3 is 10.5 Å². The molecule has 2 atom stereocenters. The van der Waals surface area contributed by atoms with Gasteiger partial charge in [0, 0.05) is 18.3 Å². The number of piperidine rings is 1. The Labute approximate surface area is 211 Å². The van der Waals surface area contributed by atoms with Crippen LogP contribution in [0.25, 0.3) is 0 Å². The third-order valence-electron chi connectivity index (χ3n) is 7.31. The third kappa shape index (κ3) is 6.08. The van der Waals surface area contributed by atoms with E-state index in [0.717, 1.165) is 48.9 Å². The number of nitrogens with zero attached hydrogens (tertiary/aromatic N) is 5. The SMILES string of the molecule is C=Nc1cc(C2CCN(C3COC3)CC2C)c(C)cc1C=Nc1cnn(C2CC2)c1C.CC.CN. The molecule has 2 aliphatic heterocycles. The van der Waals surface area contributed by atoms with Gasteiger partial charge in [-0.05, 0) is 88.5 Å². The lowest BCUT2D eigenvalue weighted by atomic mass is 9.79. The number of aromatic nitrogens is 2. The summed E-state index contributed by atoms with van der Waals surface area (Å²) in [5.41, 5.74) is 11.2. The normalized spacial score (nSPS) is 22.6. The number of hydrogen-bond acceptors (Lipinski definition) is 6. The van der Waals surface area contributed by atoms with Crippen LogP contribution in [0.1, 0.15) is 74.4 Å². The zero-order valence-electron chi connectivity index (χ0n) is 22.5. The number of aryl methyl sites for hydroxylation is 1. The Hall–Kier alpha value is -2.35. The van der Waals surface area contributed by atoms with Crippen molar-refractivity contribution in [1.82, 2.24) is 14.7 Å². The van der Waals surface area contributed by atoms with E-state index in [9.17, 15) is 0 Å². The molecular weight excluding hydrogens is 436 g/mol. The highest BCUT2D eigenvalue weighted by Gasteiger charge is 2.34. The molecule has 3 aliphatic rings. The zero-order valence-corrected chi connectivity index (χ0v) is 22.5. The molecule has 3 heterocycles. The Morgan fingerprint density at radius 3 is 2.37 bits per heavy atom. The highest BCUT2D eigenvalue weighted by Crippen LogP contribution is 2.39. The minimum Gasteiger partial charge on any atom is -0.378 e. The van der Waals surface area contributed by atoms with Gasteiger partial charge in [-0.3, -0.25) is 19.6 Å². The molecule has 1 aromatic heterocycles. The van der Waals surface area contributed by atoms with Gasteiger partial charge in [0.05, 0.1) is 42.9 Å². The molecular formula is C28H44N6O. The summed E-state index contributed by atoms with van der Waals surface area (Å²) < 4.78 is 7.51. The van der Waals surface area contributed by atoms with E-state index in [1.165, 1.54) is 37.4 Å². The van der Waals surface area contributed by atoms with Gasteiger partial charge >= 0.3 is 0 Å². The summed E-state index contributed by atoms with van der Waals surface area (Å²) in [5, 5.41) is 4.52. The van der Waals surface area contributed by atoms with E-state index in [1.807, 2.05) is 26.3 Å². The topological polar surface area (TPSA) is 81.0 Å². The summed E-state index contributed by atoms with van der Waals surface area (Å²) in [7, 11) is 1.50. The van der Waals surface area contributed by atoms with Crippen LogP contribution in [0.5, 0.6) is 0 Å². The fourth-order valence-corrected chi connectivity index (χ4v) is 5.15. The van der Waals surface area contributed by atoms with E-state index in [0.29, 0.717) is 23.9 Å². The maximum Gasteiger partial charge on any atom is 0.104 e. The lowest BCUT2D eigenvalue weighted by Gasteiger charge is -2.44. The van der Waals surface area contributed by atoms with Gasteiger partial charge in [0.1, 0.15) is 5.69 Å². The molecule has 2 N–H and O–H groups in total. The van der Waals surface area contributed by atoms with Gasteiger partial charge in [-0.25, -0.2) is 0 Å². The molecule has 0 bridgehead atoms. The van der Waals surface area contributed by atoms with Crippen molar-refractivity contribution in [3.63, 3.8) is 0 Å². The number of ether oxygens (including phenoxy) is 1. The van der Waals surface area contributed by atoms with Gasteiger partial charge in [0.15, 0.2) is 0 Å². The standard InChI is InChI=1S/C25H33N5O.C2H6.CH5N/c1-16-9-19(11-27-25-12-28-30(18(25)3)20-5-6-20)24(26-4)10-23(16)22-7-8-29(13-17(22)2)21-14-31-15-21;2*1-2/h9-12,17,20-22H,4-8,13-15H2,1-3H3;1-2H3;2H2,1H3. The first kappa shape index (κ1) is 27.2. The van der Waals surface area contributed by atoms with E-state index in [1.54, 1.807) is 0 Å². The molecule has 192 valence electrons. The van der Waals surface area contributed by atoms with Crippen LogP contribution in [0.3, 0.4) is 0 Å². The molecule has 2 aromatic rings. The third-order valence-corrected chi connectivity index (χ3v) is 7.31. The first-order chi connectivity index (χ1) is 17.0. The van der Waals surface area contributed by atoms with Gasteiger partial charge in [-0.1, -0.05) is 20.8 Å². The maximum absolute atomic E-state index is 5.40. The number of nitrogens with two attached hydrogens (primary N) is 1. The largest absolute Gasteiger partial charge is 0.378 e. The van der Waals surface area contributed by atoms with E-state index >= 15 is 0 Å². The number of hydrogen-bond donors (Lipinski definition) is 1. The number of rotatable bonds is 6. The second-order valence-electron chi connectivity index (χ2n) is 9.53. The summed E-state index contributed by atoms with van der Waals surface area (Å²) in [5.74, 6) is 1.17. The first-order valence-electron chi connectivity index (χ1n) is 13.1. The van der Waals surface area contributed by atoms with Crippen molar-refractivity contribution in [2.24, 2.45) is 21.6 Å². The highest BCUT2D eigenvalue weighted by atomic mass is 16.5. The molecule has 1 saturated carbocycles. The Kier molecular flexibility index (Phi) is 9.78. The molecule has 2 saturated heterocycles. The van der Waals surface area contributed by atoms with Gasteiger partial charge in [-0.15, -0.1) is 0 Å². The minimum atomic E-state index is 0.558. The van der Waals surface area contributed by atoms with Crippen molar-refractivity contribution in [2.45, 2.75) is 71.9 Å². The van der Waals surface area contributed by atoms with Crippen molar-refractivity contribution in [3.05, 3.63) is 40.7 Å². The van der Waals surface area contributed by atoms with E-state index in [4.69, 9.17) is 9.73 Å². The van der Waals surface area contributed by atoms with Crippen LogP contribution in [-0.4, -0.2) is 67.0 Å². The van der Waals surface area contributed by atoms with Crippen molar-refractivity contribution in [3.8, 4) is 0 Å². The van der Waals surface area contributed by atoms with Crippen LogP contribution in [-0.2, 0) is 4.74 Å². The molecule has 7 nitrogen and oxygen atoms in total. The summed E-state index contributed by atoms with van der Waals surface area (Å²) in [6.07, 6.45) is 7.42. The van der Waals surface area contributed by atoms with Crippen molar-refractivity contribution in [2.75, 3.05) is 33.4 Å². The van der Waals surface area contributed by atoms with Gasteiger partial charge in [0.2, 0.25) is 0 Å². The average molecular weight is 481 g/mol. The number of likely N-dealkylation sites (tertiary alicyclic amines) is 1. The molecule has 35 heavy (non-hydrogen) atoms. The Morgan fingerprint density at radius 1 is 1.09 bits per heavy atom. The smallest absolute Gasteiger partial charge is 0.104 e. The Morgan fingerprint density at radius 2 is 1.80 bits per heavy atom. The van der Waals surface area contributed by atoms with E-state index in [-0.39, 0.29) is 0 Å². The second-order valence-corrected chi connectivity index (χ2v) is 9.53. The molecule has 3 fully saturated rings. The first-order valence-corrected chi connectivity index (χ1v) is 13.1. The number of aliphatic imine (C=N–C) groups is 2. The lowest BCUT2D eigenvalue weighted by Crippen LogP contribution is -2.53. The highest BCUT2D eigenvalue weighted by molar-refractivity contribution is 5.89. The maximum atomic E-state index is 5.40. The van der Waals surface area contributed by atoms with Gasteiger partial charge in [-0.2, -0.15) is 5.10 Å². The Balaban J connectivity index is 0.000000815. The van der Waals surface area contributed by atoms with Crippen LogP contribution in [0.2, 0.25) is 0 Å². The summed E-state index contributed by atoms with van der Waals surface area (Å²) >= 11 is 0. The van der Waals surface area contributed by atoms with Crippen LogP contribution < -0.4 is 5.73 Å². The van der Waals surface area contributed by atoms with E-state index in [2.05, 4.69) is 65.0 Å². The number of benzene rings is 1.